The van der Waals surface area contributed by atoms with Crippen molar-refractivity contribution < 1.29 is 5.11 Å². The standard InChI is InChI=1S/C17H13NO2S/c1-3-9-18-13-8-10-21-16(13)15(19)14(17(18)20)12-7-5-4-6-11(12)2/h1,4-8,10,19H,9H2,2H3. The minimum absolute atomic E-state index is 0.0348. The third-order valence-electron chi connectivity index (χ3n) is 3.51. The molecule has 0 bridgehead atoms. The Bertz CT molecular complexity index is 928. The summed E-state index contributed by atoms with van der Waals surface area (Å²) in [6.45, 7) is 2.10. The molecular weight excluding hydrogens is 282 g/mol. The Labute approximate surface area is 126 Å². The molecule has 0 aliphatic carbocycles. The minimum atomic E-state index is -0.259. The van der Waals surface area contributed by atoms with Gasteiger partial charge in [-0.1, -0.05) is 30.2 Å². The van der Waals surface area contributed by atoms with Crippen LogP contribution in [-0.2, 0) is 6.54 Å². The molecule has 0 saturated carbocycles. The smallest absolute Gasteiger partial charge is 0.263 e. The number of hydrogen-bond donors (Lipinski definition) is 1. The van der Waals surface area contributed by atoms with Gasteiger partial charge in [-0.15, -0.1) is 17.8 Å². The first-order chi connectivity index (χ1) is 10.1. The van der Waals surface area contributed by atoms with Gasteiger partial charge in [0, 0.05) is 0 Å². The number of thiophene rings is 1. The van der Waals surface area contributed by atoms with Gasteiger partial charge >= 0.3 is 0 Å². The van der Waals surface area contributed by atoms with Gasteiger partial charge in [0.1, 0.15) is 5.75 Å². The number of benzene rings is 1. The lowest BCUT2D eigenvalue weighted by Crippen LogP contribution is -2.21. The maximum atomic E-state index is 12.8. The van der Waals surface area contributed by atoms with Crippen LogP contribution in [0.1, 0.15) is 5.56 Å². The first kappa shape index (κ1) is 13.5. The third kappa shape index (κ3) is 2.03. The topological polar surface area (TPSA) is 42.2 Å². The number of nitrogens with zero attached hydrogens (tertiary/aromatic N) is 1. The van der Waals surface area contributed by atoms with E-state index < -0.39 is 0 Å². The predicted octanol–water partition coefficient (Wildman–Crippen LogP) is 3.38. The summed E-state index contributed by atoms with van der Waals surface area (Å²) in [6.07, 6.45) is 5.38. The van der Waals surface area contributed by atoms with Gasteiger partial charge in [-0.3, -0.25) is 9.36 Å². The number of aryl methyl sites for hydroxylation is 1. The highest BCUT2D eigenvalue weighted by Gasteiger charge is 2.19. The van der Waals surface area contributed by atoms with Crippen LogP contribution in [-0.4, -0.2) is 9.67 Å². The SMILES string of the molecule is C#CCn1c(=O)c(-c2ccccc2C)c(O)c2sccc21. The Morgan fingerprint density at radius 2 is 2.10 bits per heavy atom. The molecule has 0 radical (unpaired) electrons. The van der Waals surface area contributed by atoms with E-state index in [0.29, 0.717) is 15.8 Å². The molecule has 0 fully saturated rings. The molecule has 0 unspecified atom stereocenters. The van der Waals surface area contributed by atoms with E-state index in [1.807, 2.05) is 36.6 Å². The number of terminal acetylenes is 1. The van der Waals surface area contributed by atoms with Gasteiger partial charge in [-0.05, 0) is 29.5 Å². The van der Waals surface area contributed by atoms with Crippen molar-refractivity contribution >= 4 is 21.6 Å². The Balaban J connectivity index is 2.47. The fourth-order valence-electron chi connectivity index (χ4n) is 2.50. The van der Waals surface area contributed by atoms with Gasteiger partial charge in [0.25, 0.3) is 5.56 Å². The van der Waals surface area contributed by atoms with Crippen LogP contribution in [0.5, 0.6) is 5.75 Å². The van der Waals surface area contributed by atoms with Crippen molar-refractivity contribution in [1.82, 2.24) is 4.57 Å². The molecule has 3 aromatic rings. The van der Waals surface area contributed by atoms with Crippen LogP contribution in [0.25, 0.3) is 21.3 Å². The first-order valence-corrected chi connectivity index (χ1v) is 7.35. The summed E-state index contributed by atoms with van der Waals surface area (Å²) in [6, 6.07) is 9.31. The number of hydrogen-bond acceptors (Lipinski definition) is 3. The number of fused-ring (bicyclic) bond motifs is 1. The molecule has 2 aromatic heterocycles. The zero-order valence-electron chi connectivity index (χ0n) is 11.5. The highest BCUT2D eigenvalue weighted by molar-refractivity contribution is 7.17. The van der Waals surface area contributed by atoms with E-state index in [2.05, 4.69) is 5.92 Å². The highest BCUT2D eigenvalue weighted by Crippen LogP contribution is 2.37. The Kier molecular flexibility index (Phi) is 3.28. The van der Waals surface area contributed by atoms with Gasteiger partial charge < -0.3 is 5.11 Å². The maximum absolute atomic E-state index is 12.8. The van der Waals surface area contributed by atoms with Crippen molar-refractivity contribution in [1.29, 1.82) is 0 Å². The molecule has 0 aliphatic rings. The third-order valence-corrected chi connectivity index (χ3v) is 4.42. The van der Waals surface area contributed by atoms with Gasteiger partial charge in [0.15, 0.2) is 0 Å². The van der Waals surface area contributed by atoms with Crippen LogP contribution in [0.2, 0.25) is 0 Å². The van der Waals surface area contributed by atoms with Crippen LogP contribution < -0.4 is 5.56 Å². The van der Waals surface area contributed by atoms with Crippen molar-refractivity contribution in [2.24, 2.45) is 0 Å². The van der Waals surface area contributed by atoms with Crippen molar-refractivity contribution in [3.05, 3.63) is 51.6 Å². The van der Waals surface area contributed by atoms with Crippen LogP contribution >= 0.6 is 11.3 Å². The van der Waals surface area contributed by atoms with Gasteiger partial charge in [0.05, 0.1) is 22.3 Å². The van der Waals surface area contributed by atoms with E-state index in [4.69, 9.17) is 6.42 Å². The Morgan fingerprint density at radius 3 is 2.81 bits per heavy atom. The van der Waals surface area contributed by atoms with Crippen molar-refractivity contribution in [2.45, 2.75) is 13.5 Å². The minimum Gasteiger partial charge on any atom is -0.506 e. The molecule has 1 N–H and O–H groups in total. The molecule has 3 nitrogen and oxygen atoms in total. The Morgan fingerprint density at radius 1 is 1.33 bits per heavy atom. The van der Waals surface area contributed by atoms with Crippen molar-refractivity contribution in [3.8, 4) is 29.2 Å². The lowest BCUT2D eigenvalue weighted by Gasteiger charge is -2.12. The second-order valence-electron chi connectivity index (χ2n) is 4.77. The molecule has 1 aromatic carbocycles. The number of aromatic hydroxyl groups is 1. The molecule has 4 heteroatoms. The lowest BCUT2D eigenvalue weighted by molar-refractivity contribution is 0.482. The highest BCUT2D eigenvalue weighted by atomic mass is 32.1. The molecule has 0 saturated heterocycles. The van der Waals surface area contributed by atoms with Gasteiger partial charge in [-0.2, -0.15) is 0 Å². The first-order valence-electron chi connectivity index (χ1n) is 6.47. The van der Waals surface area contributed by atoms with Crippen LogP contribution in [0, 0.1) is 19.3 Å². The summed E-state index contributed by atoms with van der Waals surface area (Å²) >= 11 is 1.40. The number of pyridine rings is 1. The number of rotatable bonds is 2. The second-order valence-corrected chi connectivity index (χ2v) is 5.69. The van der Waals surface area contributed by atoms with Crippen LogP contribution in [0.4, 0.5) is 0 Å². The number of aromatic nitrogens is 1. The summed E-state index contributed by atoms with van der Waals surface area (Å²) in [5.41, 5.74) is 2.41. The molecule has 2 heterocycles. The molecule has 0 spiro atoms. The summed E-state index contributed by atoms with van der Waals surface area (Å²) in [5.74, 6) is 2.54. The summed E-state index contributed by atoms with van der Waals surface area (Å²) in [4.78, 5) is 12.8. The summed E-state index contributed by atoms with van der Waals surface area (Å²) in [7, 11) is 0. The van der Waals surface area contributed by atoms with Crippen LogP contribution in [0.15, 0.2) is 40.5 Å². The molecule has 3 rings (SSSR count). The molecule has 0 aliphatic heterocycles. The van der Waals surface area contributed by atoms with E-state index >= 15 is 0 Å². The van der Waals surface area contributed by atoms with E-state index in [0.717, 1.165) is 11.1 Å². The Hall–Kier alpha value is -2.51. The van der Waals surface area contributed by atoms with Crippen LogP contribution in [0.3, 0.4) is 0 Å². The molecule has 21 heavy (non-hydrogen) atoms. The maximum Gasteiger partial charge on any atom is 0.263 e. The van der Waals surface area contributed by atoms with Gasteiger partial charge in [-0.25, -0.2) is 0 Å². The van der Waals surface area contributed by atoms with Crippen molar-refractivity contribution in [3.63, 3.8) is 0 Å². The quantitative estimate of drug-likeness (QED) is 0.736. The zero-order chi connectivity index (χ0) is 15.0. The van der Waals surface area contributed by atoms with Gasteiger partial charge in [0.2, 0.25) is 0 Å². The largest absolute Gasteiger partial charge is 0.506 e. The molecule has 0 amide bonds. The fraction of sp³-hybridized carbons (Fsp3) is 0.118. The fourth-order valence-corrected chi connectivity index (χ4v) is 3.34. The van der Waals surface area contributed by atoms with E-state index in [9.17, 15) is 9.90 Å². The lowest BCUT2D eigenvalue weighted by atomic mass is 10.0. The average Bonchev–Trinajstić information content (AvgIpc) is 2.95. The van der Waals surface area contributed by atoms with E-state index in [-0.39, 0.29) is 17.9 Å². The molecule has 104 valence electrons. The molecular formula is C17H13NO2S. The summed E-state index contributed by atoms with van der Waals surface area (Å²) in [5, 5.41) is 12.4. The zero-order valence-corrected chi connectivity index (χ0v) is 12.3. The van der Waals surface area contributed by atoms with E-state index in [1.165, 1.54) is 15.9 Å². The van der Waals surface area contributed by atoms with Crippen molar-refractivity contribution in [2.75, 3.05) is 0 Å². The normalized spacial score (nSPS) is 10.7. The molecule has 0 atom stereocenters. The van der Waals surface area contributed by atoms with E-state index in [1.54, 1.807) is 6.07 Å². The average molecular weight is 295 g/mol. The summed E-state index contributed by atoms with van der Waals surface area (Å²) < 4.78 is 2.22. The monoisotopic (exact) mass is 295 g/mol. The predicted molar refractivity (Wildman–Crippen MR) is 86.8 cm³/mol. The second kappa shape index (κ2) is 5.12.